The summed E-state index contributed by atoms with van der Waals surface area (Å²) in [7, 11) is 1.59. The van der Waals surface area contributed by atoms with Gasteiger partial charge in [0.2, 0.25) is 0 Å². The highest BCUT2D eigenvalue weighted by molar-refractivity contribution is 5.95. The topological polar surface area (TPSA) is 73.3 Å². The van der Waals surface area contributed by atoms with Gasteiger partial charge in [0.15, 0.2) is 17.3 Å². The summed E-state index contributed by atoms with van der Waals surface area (Å²) in [5.41, 5.74) is 2.92. The van der Waals surface area contributed by atoms with Gasteiger partial charge >= 0.3 is 0 Å². The lowest BCUT2D eigenvalue weighted by Gasteiger charge is -2.12. The van der Waals surface area contributed by atoms with Gasteiger partial charge in [-0.1, -0.05) is 36.4 Å². The molecule has 6 nitrogen and oxygen atoms in total. The van der Waals surface area contributed by atoms with Crippen LogP contribution in [0.2, 0.25) is 0 Å². The molecule has 0 bridgehead atoms. The van der Waals surface area contributed by atoms with Gasteiger partial charge in [-0.15, -0.1) is 0 Å². The van der Waals surface area contributed by atoms with Crippen LogP contribution in [0.1, 0.15) is 28.5 Å². The third-order valence-corrected chi connectivity index (χ3v) is 4.24. The van der Waals surface area contributed by atoms with Gasteiger partial charge in [-0.2, -0.15) is 0 Å². The molecule has 0 aliphatic rings. The van der Waals surface area contributed by atoms with E-state index < -0.39 is 0 Å². The molecule has 3 aromatic rings. The van der Waals surface area contributed by atoms with Gasteiger partial charge in [0.25, 0.3) is 5.91 Å². The highest BCUT2D eigenvalue weighted by atomic mass is 16.5. The zero-order valence-corrected chi connectivity index (χ0v) is 16.2. The fourth-order valence-electron chi connectivity index (χ4n) is 2.79. The number of rotatable bonds is 7. The number of carbonyl (C=O) groups excluding carboxylic acids is 1. The number of ether oxygens (including phenoxy) is 2. The molecule has 0 saturated carbocycles. The van der Waals surface area contributed by atoms with Crippen LogP contribution in [-0.4, -0.2) is 29.6 Å². The lowest BCUT2D eigenvalue weighted by Crippen LogP contribution is -2.24. The van der Waals surface area contributed by atoms with Gasteiger partial charge in [-0.25, -0.2) is 9.97 Å². The molecule has 3 rings (SSSR count). The average Bonchev–Trinajstić information content (AvgIpc) is 2.73. The molecule has 1 amide bonds. The Bertz CT molecular complexity index is 958. The first-order valence-electron chi connectivity index (χ1n) is 9.09. The smallest absolute Gasteiger partial charge is 0.254 e. The Morgan fingerprint density at radius 3 is 2.57 bits per heavy atom. The summed E-state index contributed by atoms with van der Waals surface area (Å²) in [6.45, 7) is 4.65. The van der Waals surface area contributed by atoms with E-state index in [4.69, 9.17) is 9.47 Å². The third-order valence-electron chi connectivity index (χ3n) is 4.24. The van der Waals surface area contributed by atoms with Crippen LogP contribution in [0.4, 0.5) is 0 Å². The monoisotopic (exact) mass is 377 g/mol. The molecule has 0 spiro atoms. The van der Waals surface area contributed by atoms with E-state index in [0.717, 1.165) is 11.1 Å². The van der Waals surface area contributed by atoms with E-state index in [1.54, 1.807) is 13.3 Å². The van der Waals surface area contributed by atoms with E-state index >= 15 is 0 Å². The molecule has 0 saturated heterocycles. The SMILES string of the molecule is CCOc1ccc(CNC(=O)c2cnc(-c3ccccc3)nc2C)cc1OC. The van der Waals surface area contributed by atoms with Crippen molar-refractivity contribution in [1.29, 1.82) is 0 Å². The van der Waals surface area contributed by atoms with E-state index in [2.05, 4.69) is 15.3 Å². The maximum Gasteiger partial charge on any atom is 0.254 e. The number of carbonyl (C=O) groups is 1. The maximum atomic E-state index is 12.6. The average molecular weight is 377 g/mol. The van der Waals surface area contributed by atoms with E-state index in [-0.39, 0.29) is 5.91 Å². The van der Waals surface area contributed by atoms with Crippen LogP contribution in [0.3, 0.4) is 0 Å². The van der Waals surface area contributed by atoms with Crippen LogP contribution in [0.5, 0.6) is 11.5 Å². The highest BCUT2D eigenvalue weighted by Gasteiger charge is 2.13. The molecule has 28 heavy (non-hydrogen) atoms. The number of methoxy groups -OCH3 is 1. The molecule has 1 aromatic heterocycles. The van der Waals surface area contributed by atoms with Crippen molar-refractivity contribution in [2.24, 2.45) is 0 Å². The molecule has 0 fully saturated rings. The number of nitrogens with zero attached hydrogens (tertiary/aromatic N) is 2. The van der Waals surface area contributed by atoms with Crippen molar-refractivity contribution in [3.63, 3.8) is 0 Å². The second-order valence-corrected chi connectivity index (χ2v) is 6.16. The van der Waals surface area contributed by atoms with Crippen molar-refractivity contribution < 1.29 is 14.3 Å². The summed E-state index contributed by atoms with van der Waals surface area (Å²) in [4.78, 5) is 21.4. The summed E-state index contributed by atoms with van der Waals surface area (Å²) in [5.74, 6) is 1.71. The highest BCUT2D eigenvalue weighted by Crippen LogP contribution is 2.28. The molecule has 0 atom stereocenters. The van der Waals surface area contributed by atoms with Crippen molar-refractivity contribution >= 4 is 5.91 Å². The Labute approximate surface area is 164 Å². The molecule has 1 N–H and O–H groups in total. The molecule has 1 heterocycles. The zero-order chi connectivity index (χ0) is 19.9. The number of benzene rings is 2. The Balaban J connectivity index is 1.70. The van der Waals surface area contributed by atoms with Gasteiger partial charge < -0.3 is 14.8 Å². The molecule has 6 heteroatoms. The number of hydrogen-bond donors (Lipinski definition) is 1. The van der Waals surface area contributed by atoms with Crippen LogP contribution in [0.25, 0.3) is 11.4 Å². The predicted molar refractivity (Wildman–Crippen MR) is 108 cm³/mol. The van der Waals surface area contributed by atoms with Crippen LogP contribution < -0.4 is 14.8 Å². The zero-order valence-electron chi connectivity index (χ0n) is 16.2. The van der Waals surface area contributed by atoms with Gasteiger partial charge in [-0.3, -0.25) is 4.79 Å². The van der Waals surface area contributed by atoms with Crippen LogP contribution in [0.15, 0.2) is 54.7 Å². The molecule has 0 unspecified atom stereocenters. The fraction of sp³-hybridized carbons (Fsp3) is 0.227. The lowest BCUT2D eigenvalue weighted by atomic mass is 10.1. The van der Waals surface area contributed by atoms with E-state index in [1.807, 2.05) is 62.4 Å². The van der Waals surface area contributed by atoms with Gasteiger partial charge in [-0.05, 0) is 31.5 Å². The summed E-state index contributed by atoms with van der Waals surface area (Å²) < 4.78 is 10.9. The second kappa shape index (κ2) is 8.99. The summed E-state index contributed by atoms with van der Waals surface area (Å²) >= 11 is 0. The standard InChI is InChI=1S/C22H23N3O3/c1-4-28-19-11-10-16(12-20(19)27-3)13-24-22(26)18-14-23-21(25-15(18)2)17-8-6-5-7-9-17/h5-12,14H,4,13H2,1-3H3,(H,24,26). The van der Waals surface area contributed by atoms with Gasteiger partial charge in [0, 0.05) is 18.3 Å². The number of aromatic nitrogens is 2. The minimum absolute atomic E-state index is 0.218. The van der Waals surface area contributed by atoms with Crippen molar-refractivity contribution in [3.8, 4) is 22.9 Å². The normalized spacial score (nSPS) is 10.4. The number of amides is 1. The molecule has 0 radical (unpaired) electrons. The Hall–Kier alpha value is -3.41. The number of aryl methyl sites for hydroxylation is 1. The van der Waals surface area contributed by atoms with E-state index in [0.29, 0.717) is 41.7 Å². The molecular formula is C22H23N3O3. The van der Waals surface area contributed by atoms with Gasteiger partial charge in [0.1, 0.15) is 0 Å². The summed E-state index contributed by atoms with van der Waals surface area (Å²) in [5, 5.41) is 2.90. The van der Waals surface area contributed by atoms with Crippen molar-refractivity contribution in [3.05, 3.63) is 71.5 Å². The molecule has 2 aromatic carbocycles. The second-order valence-electron chi connectivity index (χ2n) is 6.16. The first-order valence-corrected chi connectivity index (χ1v) is 9.09. The quantitative estimate of drug-likeness (QED) is 0.678. The fourth-order valence-corrected chi connectivity index (χ4v) is 2.79. The maximum absolute atomic E-state index is 12.6. The molecule has 0 aliphatic heterocycles. The van der Waals surface area contributed by atoms with Crippen molar-refractivity contribution in [1.82, 2.24) is 15.3 Å². The first kappa shape index (κ1) is 19.4. The van der Waals surface area contributed by atoms with Crippen LogP contribution in [0, 0.1) is 6.92 Å². The lowest BCUT2D eigenvalue weighted by molar-refractivity contribution is 0.0949. The van der Waals surface area contributed by atoms with E-state index in [1.165, 1.54) is 0 Å². The van der Waals surface area contributed by atoms with Crippen LogP contribution >= 0.6 is 0 Å². The number of hydrogen-bond acceptors (Lipinski definition) is 5. The van der Waals surface area contributed by atoms with Gasteiger partial charge in [0.05, 0.1) is 25.0 Å². The van der Waals surface area contributed by atoms with Crippen LogP contribution in [-0.2, 0) is 6.54 Å². The first-order chi connectivity index (χ1) is 13.6. The van der Waals surface area contributed by atoms with Crippen molar-refractivity contribution in [2.45, 2.75) is 20.4 Å². The summed E-state index contributed by atoms with van der Waals surface area (Å²) in [6, 6.07) is 15.3. The minimum Gasteiger partial charge on any atom is -0.493 e. The predicted octanol–water partition coefficient (Wildman–Crippen LogP) is 3.79. The Kier molecular flexibility index (Phi) is 6.22. The molecule has 144 valence electrons. The number of nitrogens with one attached hydrogen (secondary N) is 1. The Morgan fingerprint density at radius 1 is 1.11 bits per heavy atom. The van der Waals surface area contributed by atoms with Crippen molar-refractivity contribution in [2.75, 3.05) is 13.7 Å². The molecule has 0 aliphatic carbocycles. The molecular weight excluding hydrogens is 354 g/mol. The largest absolute Gasteiger partial charge is 0.493 e. The third kappa shape index (κ3) is 4.46. The van der Waals surface area contributed by atoms with E-state index in [9.17, 15) is 4.79 Å². The minimum atomic E-state index is -0.218. The Morgan fingerprint density at radius 2 is 1.89 bits per heavy atom. The summed E-state index contributed by atoms with van der Waals surface area (Å²) in [6.07, 6.45) is 1.57.